The van der Waals surface area contributed by atoms with Crippen LogP contribution in [0.2, 0.25) is 0 Å². The van der Waals surface area contributed by atoms with Crippen molar-refractivity contribution in [2.75, 3.05) is 13.2 Å². The molecule has 3 aromatic rings. The number of hydrogen-bond acceptors (Lipinski definition) is 3. The second kappa shape index (κ2) is 10.4. The maximum atomic E-state index is 12.4. The van der Waals surface area contributed by atoms with Crippen LogP contribution in [0.25, 0.3) is 0 Å². The van der Waals surface area contributed by atoms with Crippen molar-refractivity contribution in [1.29, 1.82) is 0 Å². The first-order chi connectivity index (χ1) is 14.4. The Morgan fingerprint density at radius 2 is 1.57 bits per heavy atom. The molecule has 156 valence electrons. The van der Waals surface area contributed by atoms with E-state index in [2.05, 4.69) is 44.3 Å². The van der Waals surface area contributed by atoms with Crippen molar-refractivity contribution in [1.82, 2.24) is 5.32 Å². The van der Waals surface area contributed by atoms with Crippen LogP contribution in [0.5, 0.6) is 5.75 Å². The molecule has 0 heterocycles. The molecular weight excluding hydrogens is 390 g/mol. The molecule has 0 aromatic heterocycles. The molecular formula is C26H29NO2S. The Hall–Kier alpha value is -2.72. The van der Waals surface area contributed by atoms with Crippen molar-refractivity contribution in [2.45, 2.75) is 36.8 Å². The fraction of sp³-hybridized carbons (Fsp3) is 0.269. The highest BCUT2D eigenvalue weighted by Gasteiger charge is 2.18. The molecule has 3 rings (SSSR count). The number of benzene rings is 3. The average molecular weight is 420 g/mol. The summed E-state index contributed by atoms with van der Waals surface area (Å²) in [6, 6.07) is 26.2. The van der Waals surface area contributed by atoms with E-state index in [1.54, 1.807) is 11.8 Å². The largest absolute Gasteiger partial charge is 0.491 e. The van der Waals surface area contributed by atoms with Crippen LogP contribution in [0.3, 0.4) is 0 Å². The fourth-order valence-electron chi connectivity index (χ4n) is 3.08. The van der Waals surface area contributed by atoms with E-state index in [0.717, 1.165) is 11.5 Å². The van der Waals surface area contributed by atoms with Gasteiger partial charge in [0.05, 0.1) is 6.54 Å². The van der Waals surface area contributed by atoms with Gasteiger partial charge in [-0.3, -0.25) is 4.79 Å². The Kier molecular flexibility index (Phi) is 7.58. The molecule has 0 bridgehead atoms. The molecule has 30 heavy (non-hydrogen) atoms. The van der Waals surface area contributed by atoms with E-state index in [1.807, 2.05) is 60.7 Å². The summed E-state index contributed by atoms with van der Waals surface area (Å²) in [4.78, 5) is 13.6. The highest BCUT2D eigenvalue weighted by atomic mass is 32.2. The van der Waals surface area contributed by atoms with Crippen LogP contribution in [-0.4, -0.2) is 19.1 Å². The molecule has 0 saturated heterocycles. The highest BCUT2D eigenvalue weighted by molar-refractivity contribution is 7.98. The number of thioether (sulfide) groups is 1. The van der Waals surface area contributed by atoms with Gasteiger partial charge in [0, 0.05) is 16.2 Å². The maximum absolute atomic E-state index is 12.4. The number of amides is 1. The topological polar surface area (TPSA) is 38.3 Å². The minimum atomic E-state index is -0.0787. The lowest BCUT2D eigenvalue weighted by Crippen LogP contribution is -2.28. The molecule has 1 amide bonds. The average Bonchev–Trinajstić information content (AvgIpc) is 2.76. The predicted octanol–water partition coefficient (Wildman–Crippen LogP) is 6.09. The molecule has 0 aliphatic heterocycles. The van der Waals surface area contributed by atoms with E-state index < -0.39 is 0 Å². The van der Waals surface area contributed by atoms with Crippen LogP contribution < -0.4 is 10.1 Å². The Morgan fingerprint density at radius 1 is 0.900 bits per heavy atom. The van der Waals surface area contributed by atoms with Crippen molar-refractivity contribution in [3.63, 3.8) is 0 Å². The van der Waals surface area contributed by atoms with Crippen LogP contribution in [0.4, 0.5) is 0 Å². The summed E-state index contributed by atoms with van der Waals surface area (Å²) in [5, 5.41) is 2.94. The van der Waals surface area contributed by atoms with E-state index in [1.165, 1.54) is 16.0 Å². The molecule has 0 atom stereocenters. The smallest absolute Gasteiger partial charge is 0.251 e. The first-order valence-electron chi connectivity index (χ1n) is 10.2. The van der Waals surface area contributed by atoms with Crippen molar-refractivity contribution in [3.05, 3.63) is 95.6 Å². The van der Waals surface area contributed by atoms with Crippen molar-refractivity contribution in [3.8, 4) is 5.75 Å². The lowest BCUT2D eigenvalue weighted by Gasteiger charge is -2.22. The second-order valence-electron chi connectivity index (χ2n) is 8.15. The minimum Gasteiger partial charge on any atom is -0.491 e. The molecule has 0 radical (unpaired) electrons. The quantitative estimate of drug-likeness (QED) is 0.355. The number of ether oxygens (including phenoxy) is 1. The summed E-state index contributed by atoms with van der Waals surface area (Å²) >= 11 is 1.79. The van der Waals surface area contributed by atoms with E-state index in [0.29, 0.717) is 18.7 Å². The van der Waals surface area contributed by atoms with Crippen LogP contribution >= 0.6 is 11.8 Å². The summed E-state index contributed by atoms with van der Waals surface area (Å²) in [6.45, 7) is 7.39. The van der Waals surface area contributed by atoms with Gasteiger partial charge in [-0.2, -0.15) is 0 Å². The monoisotopic (exact) mass is 419 g/mol. The van der Waals surface area contributed by atoms with E-state index in [-0.39, 0.29) is 11.3 Å². The summed E-state index contributed by atoms with van der Waals surface area (Å²) in [7, 11) is 0. The van der Waals surface area contributed by atoms with Gasteiger partial charge in [-0.1, -0.05) is 69.3 Å². The zero-order valence-corrected chi connectivity index (χ0v) is 18.7. The van der Waals surface area contributed by atoms with Crippen molar-refractivity contribution in [2.24, 2.45) is 0 Å². The molecule has 4 heteroatoms. The van der Waals surface area contributed by atoms with Gasteiger partial charge in [0.1, 0.15) is 12.4 Å². The number of hydrogen-bond donors (Lipinski definition) is 1. The number of carbonyl (C=O) groups is 1. The van der Waals surface area contributed by atoms with Crippen molar-refractivity contribution < 1.29 is 9.53 Å². The lowest BCUT2D eigenvalue weighted by atomic mass is 9.86. The number of carbonyl (C=O) groups excluding carboxylic acids is 1. The van der Waals surface area contributed by atoms with Gasteiger partial charge in [-0.15, -0.1) is 11.8 Å². The number of rotatable bonds is 8. The van der Waals surface area contributed by atoms with Gasteiger partial charge in [-0.25, -0.2) is 0 Å². The van der Waals surface area contributed by atoms with Gasteiger partial charge in [0.2, 0.25) is 0 Å². The Bertz CT molecular complexity index is 947. The fourth-order valence-corrected chi connectivity index (χ4v) is 3.95. The third-order valence-corrected chi connectivity index (χ3v) is 5.79. The van der Waals surface area contributed by atoms with Gasteiger partial charge in [0.15, 0.2) is 0 Å². The molecule has 1 N–H and O–H groups in total. The summed E-state index contributed by atoms with van der Waals surface area (Å²) in [5.41, 5.74) is 3.04. The Morgan fingerprint density at radius 3 is 2.27 bits per heavy atom. The maximum Gasteiger partial charge on any atom is 0.251 e. The van der Waals surface area contributed by atoms with Crippen LogP contribution in [0.1, 0.15) is 42.3 Å². The van der Waals surface area contributed by atoms with Gasteiger partial charge < -0.3 is 10.1 Å². The Labute approximate surface area is 183 Å². The zero-order valence-electron chi connectivity index (χ0n) is 17.9. The third kappa shape index (κ3) is 6.39. The first-order valence-corrected chi connectivity index (χ1v) is 11.2. The zero-order chi connectivity index (χ0) is 21.4. The number of nitrogens with one attached hydrogen (secondary N) is 1. The summed E-state index contributed by atoms with van der Waals surface area (Å²) in [6.07, 6.45) is 0. The number of para-hydroxylation sites is 1. The standard InChI is InChI=1S/C26H29NO2S/c1-26(2,3)23-11-7-8-12-24(23)29-18-17-27-25(28)21-15-13-20(14-16-21)19-30-22-9-5-4-6-10-22/h4-16H,17-19H2,1-3H3,(H,27,28). The molecule has 3 nitrogen and oxygen atoms in total. The molecule has 0 spiro atoms. The third-order valence-electron chi connectivity index (χ3n) is 4.71. The summed E-state index contributed by atoms with van der Waals surface area (Å²) in [5.74, 6) is 1.68. The molecule has 0 saturated carbocycles. The van der Waals surface area contributed by atoms with E-state index >= 15 is 0 Å². The van der Waals surface area contributed by atoms with E-state index in [9.17, 15) is 4.79 Å². The first kappa shape index (κ1) is 22.0. The molecule has 0 aliphatic carbocycles. The molecule has 3 aromatic carbocycles. The van der Waals surface area contributed by atoms with E-state index in [4.69, 9.17) is 4.74 Å². The summed E-state index contributed by atoms with van der Waals surface area (Å²) < 4.78 is 5.93. The predicted molar refractivity (Wildman–Crippen MR) is 125 cm³/mol. The van der Waals surface area contributed by atoms with Crippen LogP contribution in [-0.2, 0) is 11.2 Å². The van der Waals surface area contributed by atoms with Gasteiger partial charge in [-0.05, 0) is 46.9 Å². The second-order valence-corrected chi connectivity index (χ2v) is 9.20. The minimum absolute atomic E-state index is 0.0143. The molecule has 0 aliphatic rings. The van der Waals surface area contributed by atoms with Crippen LogP contribution in [0, 0.1) is 0 Å². The molecule has 0 fully saturated rings. The van der Waals surface area contributed by atoms with Gasteiger partial charge in [0.25, 0.3) is 5.91 Å². The highest BCUT2D eigenvalue weighted by Crippen LogP contribution is 2.30. The Balaban J connectivity index is 1.45. The van der Waals surface area contributed by atoms with Crippen LogP contribution in [0.15, 0.2) is 83.8 Å². The lowest BCUT2D eigenvalue weighted by molar-refractivity contribution is 0.0947. The van der Waals surface area contributed by atoms with Crippen molar-refractivity contribution >= 4 is 17.7 Å². The van der Waals surface area contributed by atoms with Gasteiger partial charge >= 0.3 is 0 Å². The normalized spacial score (nSPS) is 11.2. The SMILES string of the molecule is CC(C)(C)c1ccccc1OCCNC(=O)c1ccc(CSc2ccccc2)cc1. The molecule has 0 unspecified atom stereocenters.